The Labute approximate surface area is 172 Å². The highest BCUT2D eigenvalue weighted by atomic mass is 35.5. The molecule has 1 saturated carbocycles. The summed E-state index contributed by atoms with van der Waals surface area (Å²) in [6.07, 6.45) is 8.60. The number of nitrogens with one attached hydrogen (secondary N) is 3. The van der Waals surface area contributed by atoms with Crippen LogP contribution in [0.25, 0.3) is 0 Å². The predicted molar refractivity (Wildman–Crippen MR) is 113 cm³/mol. The number of pyridine rings is 1. The molecule has 0 unspecified atom stereocenters. The number of hydrogen-bond donors (Lipinski definition) is 3. The van der Waals surface area contributed by atoms with Crippen LogP contribution < -0.4 is 16.2 Å². The molecule has 0 bridgehead atoms. The minimum absolute atomic E-state index is 0. The Hall–Kier alpha value is -1.66. The molecular weight excluding hydrogens is 378 g/mol. The third-order valence-corrected chi connectivity index (χ3v) is 5.66. The van der Waals surface area contributed by atoms with Crippen molar-refractivity contribution in [1.82, 2.24) is 15.6 Å². The Balaban J connectivity index is 0.00000280. The SMILES string of the molecule is CC1(C)CC(=O)c2cc(C(=O)NCCNC3CCCCCC3)c(=O)[nH]c2C1.Cl. The van der Waals surface area contributed by atoms with Crippen molar-refractivity contribution in [3.05, 3.63) is 33.2 Å². The average molecular weight is 410 g/mol. The van der Waals surface area contributed by atoms with Crippen LogP contribution in [0.4, 0.5) is 0 Å². The molecule has 0 saturated heterocycles. The van der Waals surface area contributed by atoms with Crippen LogP contribution in [0.2, 0.25) is 0 Å². The van der Waals surface area contributed by atoms with Crippen molar-refractivity contribution < 1.29 is 9.59 Å². The van der Waals surface area contributed by atoms with Crippen LogP contribution >= 0.6 is 12.4 Å². The summed E-state index contributed by atoms with van der Waals surface area (Å²) in [6, 6.07) is 2.00. The van der Waals surface area contributed by atoms with Gasteiger partial charge in [-0.25, -0.2) is 0 Å². The fourth-order valence-electron chi connectivity index (χ4n) is 4.23. The monoisotopic (exact) mass is 409 g/mol. The molecule has 0 radical (unpaired) electrons. The first kappa shape index (κ1) is 22.6. The van der Waals surface area contributed by atoms with E-state index < -0.39 is 11.5 Å². The molecule has 156 valence electrons. The maximum Gasteiger partial charge on any atom is 0.261 e. The minimum atomic E-state index is -0.423. The maximum atomic E-state index is 12.4. The first-order valence-electron chi connectivity index (χ1n) is 10.2. The van der Waals surface area contributed by atoms with E-state index in [0.29, 0.717) is 43.2 Å². The smallest absolute Gasteiger partial charge is 0.261 e. The number of H-pyrrole nitrogens is 1. The predicted octanol–water partition coefficient (Wildman–Crippen LogP) is 2.99. The molecule has 0 aromatic carbocycles. The van der Waals surface area contributed by atoms with Crippen LogP contribution in [0, 0.1) is 5.41 Å². The summed E-state index contributed by atoms with van der Waals surface area (Å²) >= 11 is 0. The highest BCUT2D eigenvalue weighted by Gasteiger charge is 2.32. The Bertz CT molecular complexity index is 765. The van der Waals surface area contributed by atoms with Gasteiger partial charge in [0, 0.05) is 36.8 Å². The second-order valence-electron chi connectivity index (χ2n) is 8.74. The summed E-state index contributed by atoms with van der Waals surface area (Å²) in [5.74, 6) is -0.430. The lowest BCUT2D eigenvalue weighted by Crippen LogP contribution is -2.39. The van der Waals surface area contributed by atoms with E-state index in [9.17, 15) is 14.4 Å². The minimum Gasteiger partial charge on any atom is -0.351 e. The van der Waals surface area contributed by atoms with Gasteiger partial charge in [0.2, 0.25) is 0 Å². The van der Waals surface area contributed by atoms with Gasteiger partial charge >= 0.3 is 0 Å². The van der Waals surface area contributed by atoms with E-state index in [1.54, 1.807) is 0 Å². The van der Waals surface area contributed by atoms with Crippen molar-refractivity contribution in [3.63, 3.8) is 0 Å². The first-order chi connectivity index (χ1) is 12.9. The average Bonchev–Trinajstić information content (AvgIpc) is 2.85. The fraction of sp³-hybridized carbons (Fsp3) is 0.667. The highest BCUT2D eigenvalue weighted by Crippen LogP contribution is 2.33. The number of ketones is 1. The maximum absolute atomic E-state index is 12.4. The van der Waals surface area contributed by atoms with Gasteiger partial charge in [0.25, 0.3) is 11.5 Å². The number of carbonyl (C=O) groups excluding carboxylic acids is 2. The van der Waals surface area contributed by atoms with E-state index in [-0.39, 0.29) is 29.2 Å². The lowest BCUT2D eigenvalue weighted by Gasteiger charge is -2.29. The molecule has 1 fully saturated rings. The van der Waals surface area contributed by atoms with E-state index >= 15 is 0 Å². The molecule has 1 amide bonds. The van der Waals surface area contributed by atoms with E-state index in [0.717, 1.165) is 0 Å². The van der Waals surface area contributed by atoms with Gasteiger partial charge in [-0.2, -0.15) is 0 Å². The van der Waals surface area contributed by atoms with Crippen molar-refractivity contribution in [2.45, 2.75) is 71.3 Å². The van der Waals surface area contributed by atoms with Crippen LogP contribution in [0.3, 0.4) is 0 Å². The van der Waals surface area contributed by atoms with Gasteiger partial charge in [-0.1, -0.05) is 39.5 Å². The van der Waals surface area contributed by atoms with Crippen molar-refractivity contribution in [2.24, 2.45) is 5.41 Å². The Kier molecular flexibility index (Phi) is 7.84. The Morgan fingerprint density at radius 3 is 2.46 bits per heavy atom. The number of rotatable bonds is 5. The van der Waals surface area contributed by atoms with E-state index in [2.05, 4.69) is 15.6 Å². The summed E-state index contributed by atoms with van der Waals surface area (Å²) in [7, 11) is 0. The third-order valence-electron chi connectivity index (χ3n) is 5.66. The molecule has 0 spiro atoms. The number of hydrogen-bond acceptors (Lipinski definition) is 4. The third kappa shape index (κ3) is 5.67. The number of amides is 1. The standard InChI is InChI=1S/C21H31N3O3.ClH/c1-21(2)12-17-15(18(25)13-21)11-16(20(27)24-17)19(26)23-10-9-22-14-7-5-3-4-6-8-14;/h11,14,22H,3-10,12-13H2,1-2H3,(H,23,26)(H,24,27);1H. The van der Waals surface area contributed by atoms with Gasteiger partial charge in [0.05, 0.1) is 0 Å². The molecule has 3 rings (SSSR count). The summed E-state index contributed by atoms with van der Waals surface area (Å²) < 4.78 is 0. The molecule has 1 aromatic heterocycles. The van der Waals surface area contributed by atoms with Crippen molar-refractivity contribution in [3.8, 4) is 0 Å². The molecule has 2 aliphatic carbocycles. The highest BCUT2D eigenvalue weighted by molar-refractivity contribution is 6.02. The summed E-state index contributed by atoms with van der Waals surface area (Å²) in [5, 5.41) is 6.29. The lowest BCUT2D eigenvalue weighted by atomic mass is 9.75. The zero-order valence-electron chi connectivity index (χ0n) is 16.9. The molecule has 6 nitrogen and oxygen atoms in total. The molecule has 2 aliphatic rings. The van der Waals surface area contributed by atoms with Crippen LogP contribution in [0.5, 0.6) is 0 Å². The van der Waals surface area contributed by atoms with Gasteiger partial charge in [-0.15, -0.1) is 12.4 Å². The van der Waals surface area contributed by atoms with Gasteiger partial charge in [0.15, 0.2) is 5.78 Å². The normalized spacial score (nSPS) is 19.3. The van der Waals surface area contributed by atoms with Crippen molar-refractivity contribution in [2.75, 3.05) is 13.1 Å². The zero-order valence-corrected chi connectivity index (χ0v) is 17.7. The van der Waals surface area contributed by atoms with Crippen molar-refractivity contribution in [1.29, 1.82) is 0 Å². The first-order valence-corrected chi connectivity index (χ1v) is 10.2. The largest absolute Gasteiger partial charge is 0.351 e. The quantitative estimate of drug-likeness (QED) is 0.515. The number of fused-ring (bicyclic) bond motifs is 1. The van der Waals surface area contributed by atoms with E-state index in [1.165, 1.54) is 44.6 Å². The van der Waals surface area contributed by atoms with E-state index in [4.69, 9.17) is 0 Å². The summed E-state index contributed by atoms with van der Waals surface area (Å²) in [4.78, 5) is 39.9. The van der Waals surface area contributed by atoms with Gasteiger partial charge in [0.1, 0.15) is 5.56 Å². The second kappa shape index (κ2) is 9.70. The van der Waals surface area contributed by atoms with Crippen molar-refractivity contribution >= 4 is 24.1 Å². The number of aromatic amines is 1. The second-order valence-corrected chi connectivity index (χ2v) is 8.74. The number of carbonyl (C=O) groups is 2. The molecule has 3 N–H and O–H groups in total. The Morgan fingerprint density at radius 1 is 1.11 bits per heavy atom. The molecule has 28 heavy (non-hydrogen) atoms. The van der Waals surface area contributed by atoms with Gasteiger partial charge in [-0.3, -0.25) is 14.4 Å². The molecule has 1 heterocycles. The topological polar surface area (TPSA) is 91.1 Å². The lowest BCUT2D eigenvalue weighted by molar-refractivity contribution is 0.0910. The number of Topliss-reactive ketones (excluding diaryl/α,β-unsaturated/α-hetero) is 1. The molecule has 7 heteroatoms. The fourth-order valence-corrected chi connectivity index (χ4v) is 4.23. The van der Waals surface area contributed by atoms with Gasteiger partial charge in [-0.05, 0) is 30.7 Å². The summed E-state index contributed by atoms with van der Waals surface area (Å²) in [5.41, 5.74) is 0.564. The van der Waals surface area contributed by atoms with Gasteiger partial charge < -0.3 is 15.6 Å². The Morgan fingerprint density at radius 2 is 1.79 bits per heavy atom. The van der Waals surface area contributed by atoms with Crippen LogP contribution in [0.1, 0.15) is 85.2 Å². The number of halogens is 1. The molecule has 0 aliphatic heterocycles. The number of aromatic nitrogens is 1. The molecular formula is C21H32ClN3O3. The zero-order chi connectivity index (χ0) is 19.4. The summed E-state index contributed by atoms with van der Waals surface area (Å²) in [6.45, 7) is 5.17. The van der Waals surface area contributed by atoms with Crippen LogP contribution in [0.15, 0.2) is 10.9 Å². The molecule has 0 atom stereocenters. The van der Waals surface area contributed by atoms with Crippen LogP contribution in [-0.2, 0) is 6.42 Å². The van der Waals surface area contributed by atoms with Crippen LogP contribution in [-0.4, -0.2) is 35.8 Å². The molecule has 1 aromatic rings. The van der Waals surface area contributed by atoms with E-state index in [1.807, 2.05) is 13.8 Å².